The van der Waals surface area contributed by atoms with Crippen molar-refractivity contribution in [1.29, 1.82) is 0 Å². The van der Waals surface area contributed by atoms with E-state index >= 15 is 0 Å². The second kappa shape index (κ2) is 9.45. The van der Waals surface area contributed by atoms with E-state index < -0.39 is 11.9 Å². The maximum Gasteiger partial charge on any atom is 0.311 e. The monoisotopic (exact) mass is 431 g/mol. The van der Waals surface area contributed by atoms with Crippen LogP contribution < -0.4 is 5.32 Å². The average molecular weight is 431 g/mol. The number of carbonyl (C=O) groups excluding carboxylic acids is 2. The van der Waals surface area contributed by atoms with Gasteiger partial charge in [0.2, 0.25) is 5.91 Å². The molecule has 7 heteroatoms. The van der Waals surface area contributed by atoms with Gasteiger partial charge < -0.3 is 24.4 Å². The van der Waals surface area contributed by atoms with Gasteiger partial charge in [0, 0.05) is 28.4 Å². The van der Waals surface area contributed by atoms with Crippen LogP contribution in [0.1, 0.15) is 23.5 Å². The highest BCUT2D eigenvalue weighted by Gasteiger charge is 2.25. The molecule has 4 rings (SSSR count). The van der Waals surface area contributed by atoms with E-state index in [1.807, 2.05) is 48.5 Å². The molecule has 2 N–H and O–H groups in total. The highest BCUT2D eigenvalue weighted by molar-refractivity contribution is 6.09. The van der Waals surface area contributed by atoms with Crippen molar-refractivity contribution in [2.24, 2.45) is 0 Å². The molecule has 0 fully saturated rings. The number of hydrogen-bond acceptors (Lipinski definition) is 5. The number of furan rings is 1. The molecule has 0 saturated heterocycles. The molecule has 4 aromatic rings. The maximum absolute atomic E-state index is 12.4. The Kier molecular flexibility index (Phi) is 6.28. The van der Waals surface area contributed by atoms with E-state index in [-0.39, 0.29) is 18.9 Å². The van der Waals surface area contributed by atoms with Crippen LogP contribution in [0, 0.1) is 0 Å². The third-order valence-corrected chi connectivity index (χ3v) is 5.14. The first-order chi connectivity index (χ1) is 15.6. The first kappa shape index (κ1) is 21.3. The summed E-state index contributed by atoms with van der Waals surface area (Å²) in [6.45, 7) is 0.135. The second-order valence-electron chi connectivity index (χ2n) is 7.36. The molecule has 0 aliphatic carbocycles. The van der Waals surface area contributed by atoms with E-state index in [9.17, 15) is 19.5 Å². The number of amides is 1. The number of hydrogen-bond donors (Lipinski definition) is 2. The Balaban J connectivity index is 1.63. The largest absolute Gasteiger partial charge is 0.481 e. The highest BCUT2D eigenvalue weighted by Crippen LogP contribution is 2.37. The predicted molar refractivity (Wildman–Crippen MR) is 120 cm³/mol. The molecule has 7 nitrogen and oxygen atoms in total. The van der Waals surface area contributed by atoms with Crippen molar-refractivity contribution >= 4 is 45.8 Å². The van der Waals surface area contributed by atoms with Crippen molar-refractivity contribution in [3.8, 4) is 0 Å². The van der Waals surface area contributed by atoms with Gasteiger partial charge in [0.25, 0.3) is 0 Å². The summed E-state index contributed by atoms with van der Waals surface area (Å²) in [5.41, 5.74) is 2.67. The molecule has 3 aromatic carbocycles. The van der Waals surface area contributed by atoms with Gasteiger partial charge in [-0.2, -0.15) is 0 Å². The number of aldehydes is 1. The van der Waals surface area contributed by atoms with E-state index in [1.165, 1.54) is 0 Å². The molecule has 0 radical (unpaired) electrons. The van der Waals surface area contributed by atoms with Crippen molar-refractivity contribution in [2.75, 3.05) is 11.9 Å². The predicted octanol–water partition coefficient (Wildman–Crippen LogP) is 4.50. The van der Waals surface area contributed by atoms with Crippen LogP contribution in [-0.2, 0) is 25.7 Å². The molecule has 1 aromatic heterocycles. The molecular weight excluding hydrogens is 410 g/mol. The van der Waals surface area contributed by atoms with Gasteiger partial charge in [-0.25, -0.2) is 0 Å². The molecule has 1 heterocycles. The number of rotatable bonds is 9. The smallest absolute Gasteiger partial charge is 0.311 e. The van der Waals surface area contributed by atoms with Crippen LogP contribution in [-0.4, -0.2) is 29.9 Å². The number of ether oxygens (including phenoxy) is 1. The summed E-state index contributed by atoms with van der Waals surface area (Å²) < 4.78 is 11.4. The van der Waals surface area contributed by atoms with Crippen LogP contribution in [0.4, 0.5) is 5.69 Å². The molecule has 0 spiro atoms. The first-order valence-electron chi connectivity index (χ1n) is 10.1. The molecule has 1 atom stereocenters. The van der Waals surface area contributed by atoms with Crippen LogP contribution in [0.15, 0.2) is 71.1 Å². The number of anilines is 1. The van der Waals surface area contributed by atoms with Crippen molar-refractivity contribution < 1.29 is 28.6 Å². The summed E-state index contributed by atoms with van der Waals surface area (Å²) in [4.78, 5) is 35.4. The standard InChI is InChI=1S/C25H21NO6/c27-11-10-19(25(29)30)21-13-17(12-20-18-8-4-5-9-22(18)32-24(20)21)26-23(28)15-31-14-16-6-2-1-3-7-16/h1-9,11-13,19H,10,14-15H2,(H,26,28)(H,29,30). The van der Waals surface area contributed by atoms with Crippen molar-refractivity contribution in [2.45, 2.75) is 18.9 Å². The van der Waals surface area contributed by atoms with Crippen molar-refractivity contribution in [3.05, 3.63) is 77.9 Å². The number of nitrogens with one attached hydrogen (secondary N) is 1. The molecular formula is C25H21NO6. The van der Waals surface area contributed by atoms with Gasteiger partial charge in [-0.1, -0.05) is 48.5 Å². The lowest BCUT2D eigenvalue weighted by atomic mass is 9.93. The Morgan fingerprint density at radius 2 is 1.78 bits per heavy atom. The van der Waals surface area contributed by atoms with Gasteiger partial charge in [-0.15, -0.1) is 0 Å². The van der Waals surface area contributed by atoms with E-state index in [2.05, 4.69) is 5.32 Å². The van der Waals surface area contributed by atoms with Gasteiger partial charge in [-0.05, 0) is 23.8 Å². The normalized spacial score (nSPS) is 12.0. The zero-order chi connectivity index (χ0) is 22.5. The summed E-state index contributed by atoms with van der Waals surface area (Å²) in [7, 11) is 0. The minimum atomic E-state index is -1.14. The molecule has 1 unspecified atom stereocenters. The third kappa shape index (κ3) is 4.53. The summed E-state index contributed by atoms with van der Waals surface area (Å²) in [5.74, 6) is -2.61. The fourth-order valence-electron chi connectivity index (χ4n) is 3.67. The van der Waals surface area contributed by atoms with Crippen LogP contribution in [0.2, 0.25) is 0 Å². The number of benzene rings is 3. The topological polar surface area (TPSA) is 106 Å². The van der Waals surface area contributed by atoms with Crippen molar-refractivity contribution in [1.82, 2.24) is 0 Å². The van der Waals surface area contributed by atoms with E-state index in [0.717, 1.165) is 10.9 Å². The maximum atomic E-state index is 12.4. The van der Waals surface area contributed by atoms with Gasteiger partial charge in [0.15, 0.2) is 0 Å². The second-order valence-corrected chi connectivity index (χ2v) is 7.36. The number of carbonyl (C=O) groups is 3. The molecule has 1 amide bonds. The van der Waals surface area contributed by atoms with Gasteiger partial charge in [0.05, 0.1) is 12.5 Å². The number of carboxylic acids is 1. The van der Waals surface area contributed by atoms with E-state index in [0.29, 0.717) is 40.7 Å². The van der Waals surface area contributed by atoms with Crippen LogP contribution in [0.5, 0.6) is 0 Å². The summed E-state index contributed by atoms with van der Waals surface area (Å²) in [6.07, 6.45) is 0.356. The van der Waals surface area contributed by atoms with E-state index in [4.69, 9.17) is 9.15 Å². The molecule has 0 aliphatic heterocycles. The Hall–Kier alpha value is -3.97. The highest BCUT2D eigenvalue weighted by atomic mass is 16.5. The van der Waals surface area contributed by atoms with Gasteiger partial charge in [-0.3, -0.25) is 9.59 Å². The van der Waals surface area contributed by atoms with Crippen LogP contribution in [0.3, 0.4) is 0 Å². The van der Waals surface area contributed by atoms with Crippen LogP contribution >= 0.6 is 0 Å². The quantitative estimate of drug-likeness (QED) is 0.378. The summed E-state index contributed by atoms with van der Waals surface area (Å²) >= 11 is 0. The zero-order valence-corrected chi connectivity index (χ0v) is 17.1. The number of fused-ring (bicyclic) bond motifs is 3. The molecule has 0 bridgehead atoms. The third-order valence-electron chi connectivity index (χ3n) is 5.14. The lowest BCUT2D eigenvalue weighted by Crippen LogP contribution is -2.19. The SMILES string of the molecule is O=CCC(C(=O)O)c1cc(NC(=O)COCc2ccccc2)cc2c1oc1ccccc12. The van der Waals surface area contributed by atoms with Crippen LogP contribution in [0.25, 0.3) is 21.9 Å². The first-order valence-corrected chi connectivity index (χ1v) is 10.1. The molecule has 162 valence electrons. The molecule has 0 aliphatic rings. The summed E-state index contributed by atoms with van der Waals surface area (Å²) in [5, 5.41) is 13.9. The van der Waals surface area contributed by atoms with E-state index in [1.54, 1.807) is 18.2 Å². The Bertz CT molecular complexity index is 1280. The van der Waals surface area contributed by atoms with Gasteiger partial charge in [0.1, 0.15) is 24.1 Å². The number of para-hydroxylation sites is 1. The lowest BCUT2D eigenvalue weighted by Gasteiger charge is -2.13. The fraction of sp³-hybridized carbons (Fsp3) is 0.160. The Labute approximate surface area is 183 Å². The fourth-order valence-corrected chi connectivity index (χ4v) is 3.67. The zero-order valence-electron chi connectivity index (χ0n) is 17.1. The number of carboxylic acid groups (broad SMARTS) is 1. The minimum absolute atomic E-state index is 0.162. The minimum Gasteiger partial charge on any atom is -0.481 e. The summed E-state index contributed by atoms with van der Waals surface area (Å²) in [6, 6.07) is 20.1. The molecule has 32 heavy (non-hydrogen) atoms. The number of aliphatic carboxylic acids is 1. The average Bonchev–Trinajstić information content (AvgIpc) is 3.16. The Morgan fingerprint density at radius 3 is 2.53 bits per heavy atom. The van der Waals surface area contributed by atoms with Crippen molar-refractivity contribution in [3.63, 3.8) is 0 Å². The molecule has 0 saturated carbocycles. The van der Waals surface area contributed by atoms with Gasteiger partial charge >= 0.3 is 5.97 Å². The Morgan fingerprint density at radius 1 is 1.03 bits per heavy atom. The lowest BCUT2D eigenvalue weighted by molar-refractivity contribution is -0.139.